The molecular formula is C14H22BrN3O. The quantitative estimate of drug-likeness (QED) is 0.834. The van der Waals surface area contributed by atoms with Gasteiger partial charge in [-0.15, -0.1) is 0 Å². The molecule has 1 fully saturated rings. The molecule has 2 atom stereocenters. The highest BCUT2D eigenvalue weighted by molar-refractivity contribution is 9.10. The number of aliphatic hydroxyl groups excluding tert-OH is 1. The van der Waals surface area contributed by atoms with Gasteiger partial charge in [0.2, 0.25) is 0 Å². The minimum Gasteiger partial charge on any atom is -0.394 e. The van der Waals surface area contributed by atoms with E-state index in [1.807, 2.05) is 13.0 Å². The van der Waals surface area contributed by atoms with Crippen molar-refractivity contribution in [3.8, 4) is 0 Å². The van der Waals surface area contributed by atoms with E-state index in [9.17, 15) is 5.11 Å². The van der Waals surface area contributed by atoms with Crippen LogP contribution in [0.15, 0.2) is 10.7 Å². The second kappa shape index (κ2) is 6.18. The summed E-state index contributed by atoms with van der Waals surface area (Å²) in [5.41, 5.74) is -0.226. The van der Waals surface area contributed by atoms with Crippen LogP contribution in [0.1, 0.15) is 45.4 Å². The van der Waals surface area contributed by atoms with Gasteiger partial charge >= 0.3 is 0 Å². The van der Waals surface area contributed by atoms with Crippen molar-refractivity contribution in [3.05, 3.63) is 16.5 Å². The van der Waals surface area contributed by atoms with Gasteiger partial charge in [0.05, 0.1) is 12.1 Å². The molecule has 0 saturated heterocycles. The van der Waals surface area contributed by atoms with Crippen molar-refractivity contribution in [3.63, 3.8) is 0 Å². The van der Waals surface area contributed by atoms with Crippen LogP contribution in [0.3, 0.4) is 0 Å². The smallest absolute Gasteiger partial charge is 0.131 e. The number of hydrogen-bond donors (Lipinski definition) is 2. The maximum atomic E-state index is 9.80. The lowest BCUT2D eigenvalue weighted by molar-refractivity contribution is 0.149. The lowest BCUT2D eigenvalue weighted by atomic mass is 9.77. The molecule has 0 spiro atoms. The highest BCUT2D eigenvalue weighted by Crippen LogP contribution is 2.34. The Hall–Kier alpha value is -0.680. The van der Waals surface area contributed by atoms with Gasteiger partial charge in [-0.25, -0.2) is 9.97 Å². The summed E-state index contributed by atoms with van der Waals surface area (Å²) in [5.74, 6) is 2.26. The molecule has 4 nitrogen and oxygen atoms in total. The zero-order valence-electron chi connectivity index (χ0n) is 11.6. The van der Waals surface area contributed by atoms with E-state index in [2.05, 4.69) is 38.1 Å². The molecule has 19 heavy (non-hydrogen) atoms. The molecule has 1 aromatic rings. The van der Waals surface area contributed by atoms with Crippen LogP contribution >= 0.6 is 15.9 Å². The van der Waals surface area contributed by atoms with Crippen molar-refractivity contribution in [2.45, 2.75) is 51.5 Å². The van der Waals surface area contributed by atoms with Crippen LogP contribution in [0.5, 0.6) is 0 Å². The second-order valence-corrected chi connectivity index (χ2v) is 6.42. The zero-order valence-corrected chi connectivity index (χ0v) is 13.2. The molecule has 0 bridgehead atoms. The SMILES string of the molecule is CCc1nc(Br)cc(NC2(CO)CCCC(C)C2)n1. The number of rotatable bonds is 4. The number of halogens is 1. The molecule has 0 radical (unpaired) electrons. The summed E-state index contributed by atoms with van der Waals surface area (Å²) in [4.78, 5) is 8.81. The molecule has 2 N–H and O–H groups in total. The van der Waals surface area contributed by atoms with Crippen LogP contribution in [0.2, 0.25) is 0 Å². The second-order valence-electron chi connectivity index (χ2n) is 5.61. The lowest BCUT2D eigenvalue weighted by Crippen LogP contribution is -2.46. The Morgan fingerprint density at radius 2 is 2.32 bits per heavy atom. The van der Waals surface area contributed by atoms with Crippen molar-refractivity contribution in [2.75, 3.05) is 11.9 Å². The Morgan fingerprint density at radius 3 is 2.95 bits per heavy atom. The Labute approximate surface area is 123 Å². The van der Waals surface area contributed by atoms with Gasteiger partial charge in [-0.2, -0.15) is 0 Å². The molecule has 2 rings (SSSR count). The van der Waals surface area contributed by atoms with Gasteiger partial charge in [-0.1, -0.05) is 26.7 Å². The third kappa shape index (κ3) is 3.66. The van der Waals surface area contributed by atoms with Crippen molar-refractivity contribution < 1.29 is 5.11 Å². The maximum absolute atomic E-state index is 9.80. The van der Waals surface area contributed by atoms with Gasteiger partial charge < -0.3 is 10.4 Å². The first-order valence-electron chi connectivity index (χ1n) is 6.99. The van der Waals surface area contributed by atoms with Crippen LogP contribution in [-0.4, -0.2) is 27.2 Å². The van der Waals surface area contributed by atoms with Crippen LogP contribution in [-0.2, 0) is 6.42 Å². The van der Waals surface area contributed by atoms with Crippen LogP contribution in [0, 0.1) is 5.92 Å². The molecule has 1 saturated carbocycles. The molecule has 5 heteroatoms. The molecule has 1 aliphatic carbocycles. The Balaban J connectivity index is 2.20. The predicted molar refractivity (Wildman–Crippen MR) is 80.2 cm³/mol. The fourth-order valence-electron chi connectivity index (χ4n) is 2.92. The topological polar surface area (TPSA) is 58.0 Å². The monoisotopic (exact) mass is 327 g/mol. The first kappa shape index (κ1) is 14.7. The number of aromatic nitrogens is 2. The van der Waals surface area contributed by atoms with E-state index in [1.54, 1.807) is 0 Å². The number of hydrogen-bond acceptors (Lipinski definition) is 4. The molecule has 2 unspecified atom stereocenters. The summed E-state index contributed by atoms with van der Waals surface area (Å²) in [6.45, 7) is 4.44. The maximum Gasteiger partial charge on any atom is 0.131 e. The van der Waals surface area contributed by atoms with E-state index < -0.39 is 0 Å². The standard InChI is InChI=1S/C14H22BrN3O/c1-3-12-16-11(15)7-13(17-12)18-14(9-19)6-4-5-10(2)8-14/h7,10,19H,3-6,8-9H2,1-2H3,(H,16,17,18). The van der Waals surface area contributed by atoms with E-state index in [-0.39, 0.29) is 12.1 Å². The van der Waals surface area contributed by atoms with E-state index in [0.29, 0.717) is 5.92 Å². The van der Waals surface area contributed by atoms with Crippen molar-refractivity contribution in [1.82, 2.24) is 9.97 Å². The molecule has 1 aliphatic rings. The molecule has 0 aliphatic heterocycles. The normalized spacial score (nSPS) is 27.3. The summed E-state index contributed by atoms with van der Waals surface area (Å²) in [6.07, 6.45) is 5.19. The Morgan fingerprint density at radius 1 is 1.53 bits per heavy atom. The lowest BCUT2D eigenvalue weighted by Gasteiger charge is -2.39. The Bertz CT molecular complexity index is 441. The van der Waals surface area contributed by atoms with E-state index in [4.69, 9.17) is 0 Å². The zero-order chi connectivity index (χ0) is 13.9. The first-order valence-corrected chi connectivity index (χ1v) is 7.79. The first-order chi connectivity index (χ1) is 9.07. The number of nitrogens with zero attached hydrogens (tertiary/aromatic N) is 2. The van der Waals surface area contributed by atoms with E-state index in [1.165, 1.54) is 6.42 Å². The fourth-order valence-corrected chi connectivity index (χ4v) is 3.34. The summed E-state index contributed by atoms with van der Waals surface area (Å²) in [6, 6.07) is 1.88. The number of aliphatic hydroxyl groups is 1. The largest absolute Gasteiger partial charge is 0.394 e. The third-order valence-corrected chi connectivity index (χ3v) is 4.25. The fraction of sp³-hybridized carbons (Fsp3) is 0.714. The highest BCUT2D eigenvalue weighted by atomic mass is 79.9. The van der Waals surface area contributed by atoms with Crippen molar-refractivity contribution >= 4 is 21.7 Å². The number of nitrogens with one attached hydrogen (secondary N) is 1. The predicted octanol–water partition coefficient (Wildman–Crippen LogP) is 3.15. The molecule has 1 heterocycles. The average Bonchev–Trinajstić information content (AvgIpc) is 2.38. The molecule has 1 aromatic heterocycles. The van der Waals surface area contributed by atoms with E-state index >= 15 is 0 Å². The summed E-state index contributed by atoms with van der Waals surface area (Å²) >= 11 is 3.42. The van der Waals surface area contributed by atoms with Crippen LogP contribution in [0.25, 0.3) is 0 Å². The summed E-state index contributed by atoms with van der Waals surface area (Å²) in [7, 11) is 0. The van der Waals surface area contributed by atoms with Gasteiger partial charge in [0.25, 0.3) is 0 Å². The summed E-state index contributed by atoms with van der Waals surface area (Å²) in [5, 5.41) is 13.3. The minimum absolute atomic E-state index is 0.153. The molecule has 0 amide bonds. The Kier molecular flexibility index (Phi) is 4.79. The van der Waals surface area contributed by atoms with Crippen molar-refractivity contribution in [2.24, 2.45) is 5.92 Å². The van der Waals surface area contributed by atoms with E-state index in [0.717, 1.165) is 41.9 Å². The van der Waals surface area contributed by atoms with Crippen LogP contribution < -0.4 is 5.32 Å². The molecule has 106 valence electrons. The minimum atomic E-state index is -0.226. The number of anilines is 1. The number of aryl methyl sites for hydroxylation is 1. The molecular weight excluding hydrogens is 306 g/mol. The van der Waals surface area contributed by atoms with Gasteiger partial charge in [0.1, 0.15) is 16.2 Å². The highest BCUT2D eigenvalue weighted by Gasteiger charge is 2.34. The summed E-state index contributed by atoms with van der Waals surface area (Å²) < 4.78 is 0.791. The average molecular weight is 328 g/mol. The molecule has 0 aromatic carbocycles. The van der Waals surface area contributed by atoms with Gasteiger partial charge in [-0.3, -0.25) is 0 Å². The van der Waals surface area contributed by atoms with Gasteiger partial charge in [0, 0.05) is 12.5 Å². The van der Waals surface area contributed by atoms with Gasteiger partial charge in [-0.05, 0) is 34.7 Å². The third-order valence-electron chi connectivity index (χ3n) is 3.84. The van der Waals surface area contributed by atoms with Crippen molar-refractivity contribution in [1.29, 1.82) is 0 Å². The van der Waals surface area contributed by atoms with Gasteiger partial charge in [0.15, 0.2) is 0 Å². The van der Waals surface area contributed by atoms with Crippen LogP contribution in [0.4, 0.5) is 5.82 Å².